The monoisotopic (exact) mass is 316 g/mol. The molecule has 1 aromatic carbocycles. The first-order chi connectivity index (χ1) is 9.79. The molecular weight excluding hydrogens is 309 g/mol. The van der Waals surface area contributed by atoms with E-state index < -0.39 is 17.8 Å². The first-order valence-corrected chi connectivity index (χ1v) is 5.99. The van der Waals surface area contributed by atoms with Gasteiger partial charge in [-0.25, -0.2) is 9.48 Å². The molecule has 8 heteroatoms. The fraction of sp³-hybridized carbons (Fsp3) is 0.0769. The van der Waals surface area contributed by atoms with Gasteiger partial charge in [-0.2, -0.15) is 18.3 Å². The van der Waals surface area contributed by atoms with Gasteiger partial charge in [0.05, 0.1) is 10.7 Å². The van der Waals surface area contributed by atoms with Gasteiger partial charge in [-0.1, -0.05) is 23.7 Å². The molecule has 1 aromatic heterocycles. The number of para-hydroxylation sites is 1. The fourth-order valence-corrected chi connectivity index (χ4v) is 1.94. The van der Waals surface area contributed by atoms with E-state index in [-0.39, 0.29) is 10.7 Å². The number of rotatable bonds is 3. The molecule has 0 amide bonds. The van der Waals surface area contributed by atoms with Crippen LogP contribution in [0.15, 0.2) is 36.5 Å². The fourth-order valence-electron chi connectivity index (χ4n) is 1.67. The van der Waals surface area contributed by atoms with Crippen LogP contribution in [0.5, 0.6) is 0 Å². The van der Waals surface area contributed by atoms with Crippen LogP contribution in [0.25, 0.3) is 11.8 Å². The average Bonchev–Trinajstić information content (AvgIpc) is 2.85. The molecule has 0 aliphatic rings. The van der Waals surface area contributed by atoms with E-state index in [0.29, 0.717) is 5.56 Å². The smallest absolute Gasteiger partial charge is 0.435 e. The number of carboxylic acids is 1. The van der Waals surface area contributed by atoms with Gasteiger partial charge in [-0.05, 0) is 18.2 Å². The summed E-state index contributed by atoms with van der Waals surface area (Å²) in [6.45, 7) is 0. The lowest BCUT2D eigenvalue weighted by Crippen LogP contribution is -2.08. The van der Waals surface area contributed by atoms with Crippen molar-refractivity contribution in [3.05, 3.63) is 52.8 Å². The summed E-state index contributed by atoms with van der Waals surface area (Å²) in [6.07, 6.45) is -1.35. The third-order valence-corrected chi connectivity index (χ3v) is 2.84. The van der Waals surface area contributed by atoms with Gasteiger partial charge in [0, 0.05) is 17.8 Å². The molecule has 2 aromatic rings. The topological polar surface area (TPSA) is 55.1 Å². The largest absolute Gasteiger partial charge is 0.478 e. The van der Waals surface area contributed by atoms with Crippen LogP contribution in [0.4, 0.5) is 13.2 Å². The average molecular weight is 317 g/mol. The summed E-state index contributed by atoms with van der Waals surface area (Å²) >= 11 is 5.98. The number of halogens is 4. The first-order valence-electron chi connectivity index (χ1n) is 5.62. The highest BCUT2D eigenvalue weighted by molar-refractivity contribution is 6.32. The number of hydrogen-bond acceptors (Lipinski definition) is 2. The summed E-state index contributed by atoms with van der Waals surface area (Å²) in [5, 5.41) is 12.2. The van der Waals surface area contributed by atoms with Crippen molar-refractivity contribution < 1.29 is 23.1 Å². The molecule has 0 radical (unpaired) electrons. The number of alkyl halides is 3. The Balaban J connectivity index is 2.53. The Hall–Kier alpha value is -2.28. The highest BCUT2D eigenvalue weighted by Gasteiger charge is 2.33. The normalized spacial score (nSPS) is 12.0. The van der Waals surface area contributed by atoms with Crippen LogP contribution in [0, 0.1) is 0 Å². The van der Waals surface area contributed by atoms with Gasteiger partial charge in [-0.3, -0.25) is 0 Å². The molecule has 4 nitrogen and oxygen atoms in total. The minimum atomic E-state index is -4.57. The zero-order valence-corrected chi connectivity index (χ0v) is 11.1. The predicted octanol–water partition coefficient (Wildman–Crippen LogP) is 3.64. The second-order valence-corrected chi connectivity index (χ2v) is 4.40. The highest BCUT2D eigenvalue weighted by Crippen LogP contribution is 2.30. The lowest BCUT2D eigenvalue weighted by Gasteiger charge is -2.09. The Kier molecular flexibility index (Phi) is 4.04. The van der Waals surface area contributed by atoms with Gasteiger partial charge in [-0.15, -0.1) is 0 Å². The summed E-state index contributed by atoms with van der Waals surface area (Å²) in [5.41, 5.74) is -0.551. The van der Waals surface area contributed by atoms with E-state index >= 15 is 0 Å². The molecule has 110 valence electrons. The number of carbonyl (C=O) groups is 1. The van der Waals surface area contributed by atoms with Crippen molar-refractivity contribution in [1.29, 1.82) is 0 Å². The zero-order valence-electron chi connectivity index (χ0n) is 10.3. The molecular formula is C13H8ClF3N2O2. The van der Waals surface area contributed by atoms with Crippen LogP contribution in [0.2, 0.25) is 5.02 Å². The van der Waals surface area contributed by atoms with Gasteiger partial charge in [0.2, 0.25) is 0 Å². The summed E-state index contributed by atoms with van der Waals surface area (Å²) in [6, 6.07) is 5.37. The van der Waals surface area contributed by atoms with Crippen molar-refractivity contribution in [2.75, 3.05) is 0 Å². The summed E-state index contributed by atoms with van der Waals surface area (Å²) < 4.78 is 38.7. The first kappa shape index (κ1) is 15.1. The van der Waals surface area contributed by atoms with E-state index in [0.717, 1.165) is 23.0 Å². The van der Waals surface area contributed by atoms with Gasteiger partial charge in [0.25, 0.3) is 0 Å². The second-order valence-electron chi connectivity index (χ2n) is 3.99. The van der Waals surface area contributed by atoms with Gasteiger partial charge in [0.15, 0.2) is 5.69 Å². The van der Waals surface area contributed by atoms with E-state index in [2.05, 4.69) is 5.10 Å². The highest BCUT2D eigenvalue weighted by atomic mass is 35.5. The van der Waals surface area contributed by atoms with Gasteiger partial charge in [0.1, 0.15) is 0 Å². The van der Waals surface area contributed by atoms with Crippen LogP contribution in [-0.2, 0) is 11.0 Å². The van der Waals surface area contributed by atoms with Crippen LogP contribution >= 0.6 is 11.6 Å². The van der Waals surface area contributed by atoms with Crippen LogP contribution in [0.1, 0.15) is 11.3 Å². The molecule has 21 heavy (non-hydrogen) atoms. The van der Waals surface area contributed by atoms with Crippen molar-refractivity contribution in [1.82, 2.24) is 9.78 Å². The predicted molar refractivity (Wildman–Crippen MR) is 70.2 cm³/mol. The standard InChI is InChI=1S/C13H8ClF3N2O2/c14-9-3-1-2-8(4-5-11(20)21)12(9)19-7-6-10(18-19)13(15,16)17/h1-7H,(H,20,21)/b5-4+. The van der Waals surface area contributed by atoms with Crippen LogP contribution in [0.3, 0.4) is 0 Å². The quantitative estimate of drug-likeness (QED) is 0.880. The molecule has 2 rings (SSSR count). The van der Waals surface area contributed by atoms with Gasteiger partial charge >= 0.3 is 12.1 Å². The number of hydrogen-bond donors (Lipinski definition) is 1. The third kappa shape index (κ3) is 3.43. The summed E-state index contributed by atoms with van der Waals surface area (Å²) in [5.74, 6) is -1.18. The number of aromatic nitrogens is 2. The Morgan fingerprint density at radius 3 is 2.62 bits per heavy atom. The van der Waals surface area contributed by atoms with Crippen molar-refractivity contribution >= 4 is 23.6 Å². The van der Waals surface area contributed by atoms with E-state index in [1.807, 2.05) is 0 Å². The number of benzene rings is 1. The summed E-state index contributed by atoms with van der Waals surface area (Å²) in [7, 11) is 0. The van der Waals surface area contributed by atoms with Gasteiger partial charge < -0.3 is 5.11 Å². The van der Waals surface area contributed by atoms with Crippen LogP contribution in [-0.4, -0.2) is 20.9 Å². The molecule has 0 fully saturated rings. The Morgan fingerprint density at radius 2 is 2.05 bits per heavy atom. The molecule has 0 saturated carbocycles. The minimum absolute atomic E-state index is 0.152. The van der Waals surface area contributed by atoms with Crippen LogP contribution < -0.4 is 0 Å². The Labute approximate surface area is 122 Å². The molecule has 0 saturated heterocycles. The van der Waals surface area contributed by atoms with Crippen molar-refractivity contribution in [2.45, 2.75) is 6.18 Å². The molecule has 0 bridgehead atoms. The molecule has 0 unspecified atom stereocenters. The lowest BCUT2D eigenvalue weighted by molar-refractivity contribution is -0.141. The lowest BCUT2D eigenvalue weighted by atomic mass is 10.1. The zero-order chi connectivity index (χ0) is 15.6. The number of aliphatic carboxylic acids is 1. The molecule has 0 atom stereocenters. The Morgan fingerprint density at radius 1 is 1.33 bits per heavy atom. The molecule has 1 N–H and O–H groups in total. The molecule has 0 aliphatic carbocycles. The summed E-state index contributed by atoms with van der Waals surface area (Å²) in [4.78, 5) is 10.5. The molecule has 1 heterocycles. The maximum absolute atomic E-state index is 12.6. The Bertz CT molecular complexity index is 708. The SMILES string of the molecule is O=C(O)/C=C/c1cccc(Cl)c1-n1ccc(C(F)(F)F)n1. The van der Waals surface area contributed by atoms with Crippen molar-refractivity contribution in [3.8, 4) is 5.69 Å². The molecule has 0 aliphatic heterocycles. The second kappa shape index (κ2) is 5.61. The minimum Gasteiger partial charge on any atom is -0.478 e. The maximum atomic E-state index is 12.6. The van der Waals surface area contributed by atoms with Crippen molar-refractivity contribution in [3.63, 3.8) is 0 Å². The number of carboxylic acid groups (broad SMARTS) is 1. The van der Waals surface area contributed by atoms with E-state index in [1.54, 1.807) is 6.07 Å². The number of nitrogens with zero attached hydrogens (tertiary/aromatic N) is 2. The van der Waals surface area contributed by atoms with E-state index in [1.165, 1.54) is 18.2 Å². The van der Waals surface area contributed by atoms with E-state index in [4.69, 9.17) is 16.7 Å². The maximum Gasteiger partial charge on any atom is 0.435 e. The van der Waals surface area contributed by atoms with E-state index in [9.17, 15) is 18.0 Å². The van der Waals surface area contributed by atoms with Crippen molar-refractivity contribution in [2.24, 2.45) is 0 Å². The molecule has 0 spiro atoms. The third-order valence-electron chi connectivity index (χ3n) is 2.53.